The number of rotatable bonds is 8. The number of pyridine rings is 1. The predicted molar refractivity (Wildman–Crippen MR) is 134 cm³/mol. The normalized spacial score (nSPS) is 20.8. The van der Waals surface area contributed by atoms with Gasteiger partial charge in [0, 0.05) is 29.1 Å². The van der Waals surface area contributed by atoms with Crippen LogP contribution in [0.1, 0.15) is 24.5 Å². The van der Waals surface area contributed by atoms with E-state index in [0.29, 0.717) is 19.6 Å². The first kappa shape index (κ1) is 25.1. The minimum Gasteiger partial charge on any atom is -0.383 e. The van der Waals surface area contributed by atoms with Gasteiger partial charge in [0.15, 0.2) is 6.29 Å². The van der Waals surface area contributed by atoms with Gasteiger partial charge in [-0.15, -0.1) is 0 Å². The molecule has 7 nitrogen and oxygen atoms in total. The Balaban J connectivity index is 1.23. The van der Waals surface area contributed by atoms with Crippen molar-refractivity contribution in [3.63, 3.8) is 0 Å². The van der Waals surface area contributed by atoms with Crippen LogP contribution in [0.25, 0.3) is 17.0 Å². The number of hydrogen-bond donors (Lipinski definition) is 1. The maximum Gasteiger partial charge on any atom is 0.177 e. The molecule has 0 unspecified atom stereocenters. The SMILES string of the molecule is C[C@@H](CC1COC(/C=C/c2cnc3ccccc3c2)OC1)[C@](O)(Cn1cncn1)c1ccc(F)cc1F. The van der Waals surface area contributed by atoms with Crippen molar-refractivity contribution in [1.82, 2.24) is 19.7 Å². The monoisotopic (exact) mass is 506 g/mol. The van der Waals surface area contributed by atoms with E-state index in [1.54, 1.807) is 6.20 Å². The molecule has 0 bridgehead atoms. The van der Waals surface area contributed by atoms with Gasteiger partial charge in [0.25, 0.3) is 0 Å². The lowest BCUT2D eigenvalue weighted by atomic mass is 9.77. The first-order valence-corrected chi connectivity index (χ1v) is 12.2. The van der Waals surface area contributed by atoms with Gasteiger partial charge in [-0.05, 0) is 42.2 Å². The molecule has 1 aliphatic heterocycles. The number of halogens is 2. The van der Waals surface area contributed by atoms with Crippen LogP contribution < -0.4 is 0 Å². The maximum absolute atomic E-state index is 14.8. The van der Waals surface area contributed by atoms with Gasteiger partial charge >= 0.3 is 0 Å². The molecule has 37 heavy (non-hydrogen) atoms. The molecule has 2 atom stereocenters. The summed E-state index contributed by atoms with van der Waals surface area (Å²) in [7, 11) is 0. The Hall–Kier alpha value is -3.53. The minimum absolute atomic E-state index is 0.0133. The Bertz CT molecular complexity index is 1370. The molecule has 5 rings (SSSR count). The standard InChI is InChI=1S/C28H28F2N4O3/c1-19(28(35,16-34-18-31-17-33-34)24-8-7-23(29)12-25(24)30)10-21-14-36-27(37-15-21)9-6-20-11-22-4-2-3-5-26(22)32-13-20/h2-9,11-13,17-19,21,27,35H,10,14-16H2,1H3/b9-6+/t19-,21?,27?,28+/m0/s1. The second-order valence-corrected chi connectivity index (χ2v) is 9.50. The van der Waals surface area contributed by atoms with Crippen molar-refractivity contribution in [3.05, 3.63) is 96.2 Å². The summed E-state index contributed by atoms with van der Waals surface area (Å²) < 4.78 is 41.6. The molecule has 0 saturated carbocycles. The lowest BCUT2D eigenvalue weighted by molar-refractivity contribution is -0.180. The smallest absolute Gasteiger partial charge is 0.177 e. The molecule has 2 aromatic carbocycles. The maximum atomic E-state index is 14.8. The van der Waals surface area contributed by atoms with Crippen LogP contribution in [0, 0.1) is 23.5 Å². The fourth-order valence-electron chi connectivity index (χ4n) is 4.78. The topological polar surface area (TPSA) is 82.3 Å². The summed E-state index contributed by atoms with van der Waals surface area (Å²) in [6.07, 6.45) is 8.36. The zero-order valence-corrected chi connectivity index (χ0v) is 20.4. The predicted octanol–water partition coefficient (Wildman–Crippen LogP) is 4.72. The van der Waals surface area contributed by atoms with Gasteiger partial charge in [0.1, 0.15) is 29.9 Å². The summed E-state index contributed by atoms with van der Waals surface area (Å²) in [6, 6.07) is 13.2. The molecule has 1 fully saturated rings. The highest BCUT2D eigenvalue weighted by molar-refractivity contribution is 5.80. The highest BCUT2D eigenvalue weighted by atomic mass is 19.1. The van der Waals surface area contributed by atoms with Crippen LogP contribution in [0.4, 0.5) is 8.78 Å². The van der Waals surface area contributed by atoms with Crippen molar-refractivity contribution in [2.24, 2.45) is 11.8 Å². The molecule has 2 aromatic heterocycles. The number of hydrogen-bond acceptors (Lipinski definition) is 6. The van der Waals surface area contributed by atoms with Crippen molar-refractivity contribution in [2.75, 3.05) is 13.2 Å². The quantitative estimate of drug-likeness (QED) is 0.372. The molecular formula is C28H28F2N4O3. The molecular weight excluding hydrogens is 478 g/mol. The van der Waals surface area contributed by atoms with Crippen LogP contribution in [0.5, 0.6) is 0 Å². The summed E-state index contributed by atoms with van der Waals surface area (Å²) in [5.74, 6) is -1.96. The molecule has 4 aromatic rings. The number of fused-ring (bicyclic) bond motifs is 1. The van der Waals surface area contributed by atoms with Crippen LogP contribution >= 0.6 is 0 Å². The molecule has 0 amide bonds. The third-order valence-corrected chi connectivity index (χ3v) is 6.82. The van der Waals surface area contributed by atoms with Gasteiger partial charge in [0.2, 0.25) is 0 Å². The second kappa shape index (κ2) is 10.8. The molecule has 0 radical (unpaired) electrons. The van der Waals surface area contributed by atoms with Crippen LogP contribution in [0.3, 0.4) is 0 Å². The van der Waals surface area contributed by atoms with Gasteiger partial charge in [0.05, 0.1) is 25.3 Å². The Labute approximate surface area is 213 Å². The molecule has 1 aliphatic rings. The molecule has 1 saturated heterocycles. The van der Waals surface area contributed by atoms with Gasteiger partial charge in [-0.3, -0.25) is 4.98 Å². The van der Waals surface area contributed by atoms with E-state index in [4.69, 9.17) is 9.47 Å². The first-order chi connectivity index (χ1) is 17.9. The van der Waals surface area contributed by atoms with Crippen molar-refractivity contribution in [3.8, 4) is 0 Å². The van der Waals surface area contributed by atoms with E-state index < -0.39 is 29.4 Å². The van der Waals surface area contributed by atoms with E-state index in [2.05, 4.69) is 21.1 Å². The third kappa shape index (κ3) is 5.74. The molecule has 9 heteroatoms. The Morgan fingerprint density at radius 2 is 1.97 bits per heavy atom. The Kier molecular flexibility index (Phi) is 7.36. The summed E-state index contributed by atoms with van der Waals surface area (Å²) in [4.78, 5) is 8.37. The van der Waals surface area contributed by atoms with E-state index in [1.807, 2.05) is 43.3 Å². The average molecular weight is 507 g/mol. The van der Waals surface area contributed by atoms with Crippen LogP contribution in [-0.2, 0) is 21.6 Å². The van der Waals surface area contributed by atoms with Crippen molar-refractivity contribution in [2.45, 2.75) is 31.8 Å². The third-order valence-electron chi connectivity index (χ3n) is 6.82. The molecule has 1 N–H and O–H groups in total. The Morgan fingerprint density at radius 3 is 2.73 bits per heavy atom. The summed E-state index contributed by atoms with van der Waals surface area (Å²) in [6.45, 7) is 2.63. The average Bonchev–Trinajstić information content (AvgIpc) is 3.41. The molecule has 192 valence electrons. The van der Waals surface area contributed by atoms with E-state index >= 15 is 0 Å². The fourth-order valence-corrected chi connectivity index (χ4v) is 4.78. The van der Waals surface area contributed by atoms with Crippen LogP contribution in [0.2, 0.25) is 0 Å². The van der Waals surface area contributed by atoms with Gasteiger partial charge in [-0.2, -0.15) is 5.10 Å². The van der Waals surface area contributed by atoms with E-state index in [0.717, 1.165) is 28.6 Å². The van der Waals surface area contributed by atoms with E-state index in [1.165, 1.54) is 23.4 Å². The number of nitrogens with zero attached hydrogens (tertiary/aromatic N) is 4. The lowest BCUT2D eigenvalue weighted by Crippen LogP contribution is -2.42. The number of ether oxygens (including phenoxy) is 2. The van der Waals surface area contributed by atoms with E-state index in [9.17, 15) is 13.9 Å². The van der Waals surface area contributed by atoms with Gasteiger partial charge < -0.3 is 14.6 Å². The zero-order valence-electron chi connectivity index (χ0n) is 20.4. The van der Waals surface area contributed by atoms with Crippen molar-refractivity contribution >= 4 is 17.0 Å². The summed E-state index contributed by atoms with van der Waals surface area (Å²) >= 11 is 0. The van der Waals surface area contributed by atoms with Crippen LogP contribution in [0.15, 0.2) is 73.5 Å². The number of aromatic nitrogens is 4. The lowest BCUT2D eigenvalue weighted by Gasteiger charge is -2.38. The van der Waals surface area contributed by atoms with Gasteiger partial charge in [-0.25, -0.2) is 18.4 Å². The number of para-hydroxylation sites is 1. The molecule has 0 spiro atoms. The highest BCUT2D eigenvalue weighted by Gasteiger charge is 2.40. The van der Waals surface area contributed by atoms with Crippen molar-refractivity contribution < 1.29 is 23.4 Å². The summed E-state index contributed by atoms with van der Waals surface area (Å²) in [5, 5.41) is 16.8. The molecule has 0 aliphatic carbocycles. The minimum atomic E-state index is -1.65. The van der Waals surface area contributed by atoms with E-state index in [-0.39, 0.29) is 18.0 Å². The molecule has 3 heterocycles. The zero-order chi connectivity index (χ0) is 25.8. The number of benzene rings is 2. The van der Waals surface area contributed by atoms with Gasteiger partial charge in [-0.1, -0.05) is 37.3 Å². The largest absolute Gasteiger partial charge is 0.383 e. The van der Waals surface area contributed by atoms with Crippen LogP contribution in [-0.4, -0.2) is 44.4 Å². The summed E-state index contributed by atoms with van der Waals surface area (Å²) in [5.41, 5.74) is 0.247. The van der Waals surface area contributed by atoms with Crippen molar-refractivity contribution in [1.29, 1.82) is 0 Å². The first-order valence-electron chi connectivity index (χ1n) is 12.2. The fraction of sp³-hybridized carbons (Fsp3) is 0.321. The number of aliphatic hydroxyl groups is 1. The second-order valence-electron chi connectivity index (χ2n) is 9.50. The Morgan fingerprint density at radius 1 is 1.16 bits per heavy atom. The highest BCUT2D eigenvalue weighted by Crippen LogP contribution is 2.37.